The van der Waals surface area contributed by atoms with Crippen molar-refractivity contribution in [2.45, 2.75) is 26.1 Å². The highest BCUT2D eigenvalue weighted by atomic mass is 19.4. The maximum Gasteiger partial charge on any atom is 0.416 e. The number of benzene rings is 1. The summed E-state index contributed by atoms with van der Waals surface area (Å²) < 4.78 is 38.9. The van der Waals surface area contributed by atoms with Crippen molar-refractivity contribution in [2.24, 2.45) is 5.41 Å². The van der Waals surface area contributed by atoms with Gasteiger partial charge in [0.15, 0.2) is 0 Å². The van der Waals surface area contributed by atoms with Crippen LogP contribution in [0.2, 0.25) is 0 Å². The van der Waals surface area contributed by atoms with Gasteiger partial charge in [-0.1, -0.05) is 26.0 Å². The molecule has 1 atom stereocenters. The fraction of sp³-hybridized carbons (Fsp3) is 0.625. The molecular weight excluding hydrogens is 293 g/mol. The molecule has 2 N–H and O–H groups in total. The van der Waals surface area contributed by atoms with Gasteiger partial charge in [-0.3, -0.25) is 4.90 Å². The van der Waals surface area contributed by atoms with Crippen LogP contribution in [0.15, 0.2) is 24.3 Å². The lowest BCUT2D eigenvalue weighted by Crippen LogP contribution is -2.49. The third-order valence-electron chi connectivity index (χ3n) is 4.19. The molecule has 0 radical (unpaired) electrons. The fourth-order valence-corrected chi connectivity index (χ4v) is 3.07. The van der Waals surface area contributed by atoms with Crippen LogP contribution in [0.5, 0.6) is 0 Å². The van der Waals surface area contributed by atoms with Crippen LogP contribution in [0, 0.1) is 5.41 Å². The minimum absolute atomic E-state index is 0.0855. The lowest BCUT2D eigenvalue weighted by molar-refractivity contribution is -0.137. The number of nitrogens with zero attached hydrogens (tertiary/aromatic N) is 1. The molecule has 0 aromatic heterocycles. The summed E-state index contributed by atoms with van der Waals surface area (Å²) in [6.45, 7) is 6.81. The number of rotatable bonds is 4. The topological polar surface area (TPSA) is 35.5 Å². The van der Waals surface area contributed by atoms with E-state index in [0.717, 1.165) is 32.2 Å². The van der Waals surface area contributed by atoms with E-state index in [1.165, 1.54) is 12.1 Å². The van der Waals surface area contributed by atoms with E-state index < -0.39 is 17.2 Å². The van der Waals surface area contributed by atoms with Gasteiger partial charge in [-0.05, 0) is 17.7 Å². The Labute approximate surface area is 129 Å². The van der Waals surface area contributed by atoms with E-state index >= 15 is 0 Å². The molecule has 0 spiro atoms. The molecule has 1 aliphatic rings. The Hall–Kier alpha value is -1.11. The molecule has 6 heteroatoms. The standard InChI is InChI=1S/C16H23F3N2O/c1-15(2,11-22)14(21-8-6-20-7-9-21)12-4-3-5-13(10-12)16(17,18)19/h3-5,10,14,20,22H,6-9,11H2,1-2H3/t14-/m1/s1. The van der Waals surface area contributed by atoms with Crippen LogP contribution in [-0.2, 0) is 6.18 Å². The number of alkyl halides is 3. The quantitative estimate of drug-likeness (QED) is 0.896. The molecule has 0 aliphatic carbocycles. The molecule has 0 saturated carbocycles. The van der Waals surface area contributed by atoms with E-state index in [-0.39, 0.29) is 12.6 Å². The Morgan fingerprint density at radius 2 is 1.86 bits per heavy atom. The van der Waals surface area contributed by atoms with Crippen molar-refractivity contribution in [3.05, 3.63) is 35.4 Å². The van der Waals surface area contributed by atoms with Gasteiger partial charge in [-0.2, -0.15) is 13.2 Å². The van der Waals surface area contributed by atoms with Crippen molar-refractivity contribution in [1.29, 1.82) is 0 Å². The third-order valence-corrected chi connectivity index (χ3v) is 4.19. The van der Waals surface area contributed by atoms with Crippen molar-refractivity contribution in [2.75, 3.05) is 32.8 Å². The molecule has 1 fully saturated rings. The molecule has 0 unspecified atom stereocenters. The van der Waals surface area contributed by atoms with Crippen LogP contribution < -0.4 is 5.32 Å². The predicted molar refractivity (Wildman–Crippen MR) is 79.5 cm³/mol. The number of halogens is 3. The second-order valence-electron chi connectivity index (χ2n) is 6.46. The lowest BCUT2D eigenvalue weighted by atomic mass is 9.79. The highest BCUT2D eigenvalue weighted by Crippen LogP contribution is 2.40. The van der Waals surface area contributed by atoms with E-state index in [9.17, 15) is 18.3 Å². The zero-order chi connectivity index (χ0) is 16.4. The van der Waals surface area contributed by atoms with Gasteiger partial charge in [0.05, 0.1) is 5.56 Å². The highest BCUT2D eigenvalue weighted by Gasteiger charge is 2.37. The van der Waals surface area contributed by atoms with Crippen molar-refractivity contribution in [3.63, 3.8) is 0 Å². The summed E-state index contributed by atoms with van der Waals surface area (Å²) in [5.41, 5.74) is -0.559. The van der Waals surface area contributed by atoms with Gasteiger partial charge < -0.3 is 10.4 Å². The Balaban J connectivity index is 2.40. The largest absolute Gasteiger partial charge is 0.416 e. The summed E-state index contributed by atoms with van der Waals surface area (Å²) >= 11 is 0. The molecule has 1 heterocycles. The van der Waals surface area contributed by atoms with Gasteiger partial charge >= 0.3 is 6.18 Å². The van der Waals surface area contributed by atoms with E-state index in [0.29, 0.717) is 5.56 Å². The van der Waals surface area contributed by atoms with Crippen molar-refractivity contribution in [1.82, 2.24) is 10.2 Å². The van der Waals surface area contributed by atoms with Gasteiger partial charge in [0.2, 0.25) is 0 Å². The van der Waals surface area contributed by atoms with Crippen LogP contribution in [0.1, 0.15) is 31.0 Å². The molecule has 1 aromatic carbocycles. The molecule has 0 bridgehead atoms. The van der Waals surface area contributed by atoms with Crippen LogP contribution in [0.3, 0.4) is 0 Å². The van der Waals surface area contributed by atoms with E-state index in [2.05, 4.69) is 10.2 Å². The van der Waals surface area contributed by atoms with Crippen LogP contribution in [0.4, 0.5) is 13.2 Å². The number of hydrogen-bond donors (Lipinski definition) is 2. The number of piperazine rings is 1. The fourth-order valence-electron chi connectivity index (χ4n) is 3.07. The summed E-state index contributed by atoms with van der Waals surface area (Å²) in [5.74, 6) is 0. The number of aliphatic hydroxyl groups excluding tert-OH is 1. The second-order valence-corrected chi connectivity index (χ2v) is 6.46. The summed E-state index contributed by atoms with van der Waals surface area (Å²) in [7, 11) is 0. The molecule has 3 nitrogen and oxygen atoms in total. The highest BCUT2D eigenvalue weighted by molar-refractivity contribution is 5.29. The Bertz CT molecular complexity index is 496. The Morgan fingerprint density at radius 1 is 1.23 bits per heavy atom. The van der Waals surface area contributed by atoms with Gasteiger partial charge in [0.1, 0.15) is 0 Å². The van der Waals surface area contributed by atoms with Crippen LogP contribution in [-0.4, -0.2) is 42.8 Å². The second kappa shape index (κ2) is 6.56. The molecule has 1 aromatic rings. The lowest BCUT2D eigenvalue weighted by Gasteiger charge is -2.43. The number of aliphatic hydroxyl groups is 1. The first-order chi connectivity index (χ1) is 10.3. The average molecular weight is 316 g/mol. The first kappa shape index (κ1) is 17.2. The maximum absolute atomic E-state index is 13.0. The zero-order valence-electron chi connectivity index (χ0n) is 13.0. The SMILES string of the molecule is CC(C)(CO)[C@@H](c1cccc(C(F)(F)F)c1)N1CCNCC1. The third kappa shape index (κ3) is 3.80. The van der Waals surface area contributed by atoms with Crippen LogP contribution in [0.25, 0.3) is 0 Å². The smallest absolute Gasteiger partial charge is 0.396 e. The molecule has 0 amide bonds. The van der Waals surface area contributed by atoms with E-state index in [1.54, 1.807) is 6.07 Å². The van der Waals surface area contributed by atoms with Crippen molar-refractivity contribution in [3.8, 4) is 0 Å². The van der Waals surface area contributed by atoms with E-state index in [1.807, 2.05) is 13.8 Å². The Morgan fingerprint density at radius 3 is 2.41 bits per heavy atom. The van der Waals surface area contributed by atoms with Gasteiger partial charge in [-0.15, -0.1) is 0 Å². The molecule has 1 aliphatic heterocycles. The summed E-state index contributed by atoms with van der Waals surface area (Å²) in [4.78, 5) is 2.15. The molecule has 22 heavy (non-hydrogen) atoms. The predicted octanol–water partition coefficient (Wildman–Crippen LogP) is 2.67. The average Bonchev–Trinajstić information content (AvgIpc) is 2.48. The van der Waals surface area contributed by atoms with Gasteiger partial charge in [0, 0.05) is 44.2 Å². The zero-order valence-corrected chi connectivity index (χ0v) is 13.0. The molecule has 1 saturated heterocycles. The van der Waals surface area contributed by atoms with Crippen LogP contribution >= 0.6 is 0 Å². The first-order valence-corrected chi connectivity index (χ1v) is 7.48. The summed E-state index contributed by atoms with van der Waals surface area (Å²) in [6, 6.07) is 5.22. The minimum atomic E-state index is -4.35. The molecule has 124 valence electrons. The minimum Gasteiger partial charge on any atom is -0.396 e. The number of nitrogens with one attached hydrogen (secondary N) is 1. The molecular formula is C16H23F3N2O. The van der Waals surface area contributed by atoms with Gasteiger partial charge in [-0.25, -0.2) is 0 Å². The Kier molecular flexibility index (Phi) is 5.14. The molecule has 2 rings (SSSR count). The normalized spacial score (nSPS) is 19.2. The van der Waals surface area contributed by atoms with E-state index in [4.69, 9.17) is 0 Å². The maximum atomic E-state index is 13.0. The summed E-state index contributed by atoms with van der Waals surface area (Å²) in [5, 5.41) is 13.0. The first-order valence-electron chi connectivity index (χ1n) is 7.48. The van der Waals surface area contributed by atoms with Crippen molar-refractivity contribution >= 4 is 0 Å². The van der Waals surface area contributed by atoms with Gasteiger partial charge in [0.25, 0.3) is 0 Å². The monoisotopic (exact) mass is 316 g/mol. The van der Waals surface area contributed by atoms with Crippen molar-refractivity contribution < 1.29 is 18.3 Å². The number of hydrogen-bond acceptors (Lipinski definition) is 3. The summed E-state index contributed by atoms with van der Waals surface area (Å²) in [6.07, 6.45) is -4.35.